The molecule has 10 heteroatoms. The van der Waals surface area contributed by atoms with Gasteiger partial charge < -0.3 is 25.4 Å². The average molecular weight is 303 g/mol. The van der Waals surface area contributed by atoms with Gasteiger partial charge in [0.25, 0.3) is 0 Å². The molecule has 1 aromatic rings. The summed E-state index contributed by atoms with van der Waals surface area (Å²) in [5.41, 5.74) is 4.20. The lowest BCUT2D eigenvalue weighted by atomic mass is 10.1. The molecule has 1 aliphatic rings. The predicted octanol–water partition coefficient (Wildman–Crippen LogP) is -1.85. The summed E-state index contributed by atoms with van der Waals surface area (Å²) in [6, 6.07) is 0. The normalized spacial score (nSPS) is 28.6. The van der Waals surface area contributed by atoms with E-state index < -0.39 is 47.8 Å². The number of nitrogens with two attached hydrogens (primary N) is 1. The number of ether oxygens (including phenoxy) is 2. The molecular weight excluding hydrogens is 289 g/mol. The van der Waals surface area contributed by atoms with Crippen LogP contribution in [0.3, 0.4) is 0 Å². The van der Waals surface area contributed by atoms with Gasteiger partial charge in [0.05, 0.1) is 6.20 Å². The minimum Gasteiger partial charge on any atom is -0.463 e. The Morgan fingerprint density at radius 2 is 2.24 bits per heavy atom. The second-order valence-electron chi connectivity index (χ2n) is 4.51. The highest BCUT2D eigenvalue weighted by atomic mass is 19.1. The van der Waals surface area contributed by atoms with Crippen molar-refractivity contribution in [1.82, 2.24) is 9.55 Å². The van der Waals surface area contributed by atoms with E-state index in [1.807, 2.05) is 0 Å². The summed E-state index contributed by atoms with van der Waals surface area (Å²) in [4.78, 5) is 25.6. The fourth-order valence-electron chi connectivity index (χ4n) is 1.94. The molecule has 4 N–H and O–H groups in total. The third-order valence-electron chi connectivity index (χ3n) is 3.00. The van der Waals surface area contributed by atoms with Crippen LogP contribution in [0.25, 0.3) is 0 Å². The second-order valence-corrected chi connectivity index (χ2v) is 4.51. The summed E-state index contributed by atoms with van der Waals surface area (Å²) in [7, 11) is 0. The first kappa shape index (κ1) is 15.4. The van der Waals surface area contributed by atoms with Crippen LogP contribution in [0.15, 0.2) is 11.0 Å². The Kier molecular flexibility index (Phi) is 4.21. The van der Waals surface area contributed by atoms with Crippen molar-refractivity contribution in [1.29, 1.82) is 0 Å². The van der Waals surface area contributed by atoms with Crippen LogP contribution in [0, 0.1) is 5.82 Å². The van der Waals surface area contributed by atoms with Crippen LogP contribution in [0.1, 0.15) is 13.2 Å². The first-order valence-corrected chi connectivity index (χ1v) is 6.00. The van der Waals surface area contributed by atoms with E-state index in [0.29, 0.717) is 4.57 Å². The molecule has 9 nitrogen and oxygen atoms in total. The maximum atomic E-state index is 13.4. The SMILES string of the molecule is CC(=O)OC[C@H]1O[C@@H](n2cc(F)c(N)nc2=O)[C@H](O)[C@@H]1O. The number of halogens is 1. The largest absolute Gasteiger partial charge is 0.463 e. The minimum atomic E-state index is -1.52. The fraction of sp³-hybridized carbons (Fsp3) is 0.545. The third kappa shape index (κ3) is 3.01. The lowest BCUT2D eigenvalue weighted by molar-refractivity contribution is -0.147. The van der Waals surface area contributed by atoms with Crippen molar-refractivity contribution >= 4 is 11.8 Å². The molecule has 2 rings (SSSR count). The molecule has 0 saturated carbocycles. The molecule has 1 saturated heterocycles. The first-order chi connectivity index (χ1) is 9.81. The molecule has 0 amide bonds. The van der Waals surface area contributed by atoms with Gasteiger partial charge in [0.2, 0.25) is 0 Å². The maximum absolute atomic E-state index is 13.4. The lowest BCUT2D eigenvalue weighted by Gasteiger charge is -2.17. The quantitative estimate of drug-likeness (QED) is 0.553. The van der Waals surface area contributed by atoms with E-state index >= 15 is 0 Å². The van der Waals surface area contributed by atoms with E-state index in [-0.39, 0.29) is 6.61 Å². The van der Waals surface area contributed by atoms with Crippen molar-refractivity contribution in [2.24, 2.45) is 0 Å². The van der Waals surface area contributed by atoms with Crippen molar-refractivity contribution in [3.8, 4) is 0 Å². The Labute approximate surface area is 117 Å². The Morgan fingerprint density at radius 3 is 2.86 bits per heavy atom. The monoisotopic (exact) mass is 303 g/mol. The highest BCUT2D eigenvalue weighted by molar-refractivity contribution is 5.65. The van der Waals surface area contributed by atoms with E-state index in [1.54, 1.807) is 0 Å². The van der Waals surface area contributed by atoms with Crippen molar-refractivity contribution in [2.75, 3.05) is 12.3 Å². The van der Waals surface area contributed by atoms with Crippen LogP contribution >= 0.6 is 0 Å². The molecule has 0 radical (unpaired) electrons. The van der Waals surface area contributed by atoms with Crippen LogP contribution in [-0.4, -0.2) is 50.7 Å². The van der Waals surface area contributed by atoms with Crippen molar-refractivity contribution in [3.05, 3.63) is 22.5 Å². The van der Waals surface area contributed by atoms with Crippen molar-refractivity contribution in [2.45, 2.75) is 31.5 Å². The topological polar surface area (TPSA) is 137 Å². The lowest BCUT2D eigenvalue weighted by Crippen LogP contribution is -2.36. The molecular formula is C11H14FN3O6. The molecule has 0 aromatic carbocycles. The zero-order valence-corrected chi connectivity index (χ0v) is 11.0. The molecule has 0 unspecified atom stereocenters. The van der Waals surface area contributed by atoms with Crippen LogP contribution < -0.4 is 11.4 Å². The third-order valence-corrected chi connectivity index (χ3v) is 3.00. The Morgan fingerprint density at radius 1 is 1.57 bits per heavy atom. The molecule has 116 valence electrons. The fourth-order valence-corrected chi connectivity index (χ4v) is 1.94. The molecule has 0 aliphatic carbocycles. The Balaban J connectivity index is 2.23. The average Bonchev–Trinajstić information content (AvgIpc) is 2.68. The van der Waals surface area contributed by atoms with Gasteiger partial charge in [-0.2, -0.15) is 4.98 Å². The number of aromatic nitrogens is 2. The van der Waals surface area contributed by atoms with Crippen LogP contribution in [0.5, 0.6) is 0 Å². The maximum Gasteiger partial charge on any atom is 0.351 e. The van der Waals surface area contributed by atoms with E-state index in [1.165, 1.54) is 6.92 Å². The van der Waals surface area contributed by atoms with Gasteiger partial charge in [-0.3, -0.25) is 9.36 Å². The number of aliphatic hydroxyl groups is 2. The van der Waals surface area contributed by atoms with Gasteiger partial charge in [0.1, 0.15) is 24.9 Å². The highest BCUT2D eigenvalue weighted by Crippen LogP contribution is 2.28. The molecule has 1 aromatic heterocycles. The number of nitrogens with zero attached hydrogens (tertiary/aromatic N) is 2. The van der Waals surface area contributed by atoms with Crippen LogP contribution in [-0.2, 0) is 14.3 Å². The minimum absolute atomic E-state index is 0.316. The number of rotatable bonds is 3. The molecule has 2 heterocycles. The smallest absolute Gasteiger partial charge is 0.351 e. The molecule has 0 bridgehead atoms. The van der Waals surface area contributed by atoms with Gasteiger partial charge in [-0.05, 0) is 0 Å². The number of nitrogen functional groups attached to an aromatic ring is 1. The molecule has 4 atom stereocenters. The Bertz CT molecular complexity index is 606. The number of carbonyl (C=O) groups is 1. The predicted molar refractivity (Wildman–Crippen MR) is 65.4 cm³/mol. The highest BCUT2D eigenvalue weighted by Gasteiger charge is 2.44. The zero-order valence-electron chi connectivity index (χ0n) is 11.0. The van der Waals surface area contributed by atoms with Crippen molar-refractivity contribution < 1.29 is 28.9 Å². The van der Waals surface area contributed by atoms with Crippen LogP contribution in [0.2, 0.25) is 0 Å². The Hall–Kier alpha value is -2.04. The van der Waals surface area contributed by atoms with E-state index in [9.17, 15) is 24.2 Å². The number of aliphatic hydroxyl groups excluding tert-OH is 2. The summed E-state index contributed by atoms with van der Waals surface area (Å²) in [6.45, 7) is 0.850. The molecule has 1 aliphatic heterocycles. The molecule has 0 spiro atoms. The summed E-state index contributed by atoms with van der Waals surface area (Å²) in [6.07, 6.45) is -4.63. The van der Waals surface area contributed by atoms with Gasteiger partial charge in [0.15, 0.2) is 17.9 Å². The number of hydrogen-bond donors (Lipinski definition) is 3. The summed E-state index contributed by atoms with van der Waals surface area (Å²) in [5.74, 6) is -2.15. The molecule has 1 fully saturated rings. The summed E-state index contributed by atoms with van der Waals surface area (Å²) < 4.78 is 24.0. The molecule has 21 heavy (non-hydrogen) atoms. The number of anilines is 1. The van der Waals surface area contributed by atoms with Gasteiger partial charge in [-0.1, -0.05) is 0 Å². The second kappa shape index (κ2) is 5.76. The zero-order chi connectivity index (χ0) is 15.7. The van der Waals surface area contributed by atoms with Gasteiger partial charge >= 0.3 is 11.7 Å². The summed E-state index contributed by atoms with van der Waals surface area (Å²) >= 11 is 0. The number of hydrogen-bond acceptors (Lipinski definition) is 8. The first-order valence-electron chi connectivity index (χ1n) is 6.00. The van der Waals surface area contributed by atoms with E-state index in [0.717, 1.165) is 6.20 Å². The van der Waals surface area contributed by atoms with Crippen molar-refractivity contribution in [3.63, 3.8) is 0 Å². The number of carbonyl (C=O) groups excluding carboxylic acids is 1. The van der Waals surface area contributed by atoms with Gasteiger partial charge in [0, 0.05) is 6.92 Å². The van der Waals surface area contributed by atoms with Gasteiger partial charge in [-0.15, -0.1) is 0 Å². The summed E-state index contributed by atoms with van der Waals surface area (Å²) in [5, 5.41) is 19.7. The van der Waals surface area contributed by atoms with E-state index in [4.69, 9.17) is 10.5 Å². The van der Waals surface area contributed by atoms with E-state index in [2.05, 4.69) is 9.72 Å². The van der Waals surface area contributed by atoms with Crippen LogP contribution in [0.4, 0.5) is 10.2 Å². The standard InChI is InChI=1S/C11H14FN3O6/c1-4(16)20-3-6-7(17)8(18)10(21-6)15-2-5(12)9(13)14-11(15)19/h2,6-8,10,17-18H,3H2,1H3,(H2,13,14,19)/t6-,7-,8-,10-/m1/s1. The van der Waals surface area contributed by atoms with Gasteiger partial charge in [-0.25, -0.2) is 9.18 Å². The number of esters is 1.